The van der Waals surface area contributed by atoms with E-state index in [1.807, 2.05) is 36.6 Å². The first-order chi connectivity index (χ1) is 15.1. The van der Waals surface area contributed by atoms with Gasteiger partial charge in [-0.15, -0.1) is 0 Å². The number of carbonyl (C=O) groups is 2. The lowest BCUT2D eigenvalue weighted by atomic mass is 9.99. The summed E-state index contributed by atoms with van der Waals surface area (Å²) >= 11 is 1.62. The van der Waals surface area contributed by atoms with Crippen LogP contribution in [0.1, 0.15) is 28.5 Å². The third kappa shape index (κ3) is 4.64. The second-order valence-electron chi connectivity index (χ2n) is 7.31. The van der Waals surface area contributed by atoms with E-state index in [4.69, 9.17) is 4.52 Å². The van der Waals surface area contributed by atoms with Gasteiger partial charge in [0.15, 0.2) is 11.5 Å². The molecule has 1 aromatic heterocycles. The second-order valence-corrected chi connectivity index (χ2v) is 8.30. The molecule has 8 heteroatoms. The highest BCUT2D eigenvalue weighted by Crippen LogP contribution is 2.26. The Morgan fingerprint density at radius 1 is 1.23 bits per heavy atom. The van der Waals surface area contributed by atoms with Crippen LogP contribution in [0.3, 0.4) is 0 Å². The number of hydrogen-bond donors (Lipinski definition) is 1. The zero-order chi connectivity index (χ0) is 21.8. The Hall–Kier alpha value is -3.13. The maximum absolute atomic E-state index is 13.4. The molecule has 2 heterocycles. The molecule has 0 unspecified atom stereocenters. The van der Waals surface area contributed by atoms with Crippen LogP contribution in [0.5, 0.6) is 0 Å². The summed E-state index contributed by atoms with van der Waals surface area (Å²) < 4.78 is 18.5. The van der Waals surface area contributed by atoms with Crippen molar-refractivity contribution < 1.29 is 18.5 Å². The quantitative estimate of drug-likeness (QED) is 0.630. The number of aromatic nitrogens is 1. The van der Waals surface area contributed by atoms with Crippen molar-refractivity contribution in [2.24, 2.45) is 0 Å². The Bertz CT molecular complexity index is 1060. The van der Waals surface area contributed by atoms with Crippen LogP contribution < -0.4 is 5.32 Å². The Kier molecular flexibility index (Phi) is 6.36. The van der Waals surface area contributed by atoms with Crippen LogP contribution in [0.2, 0.25) is 0 Å². The molecular formula is C23H22FN3O3S. The molecule has 2 aromatic carbocycles. The Balaban J connectivity index is 1.60. The Morgan fingerprint density at radius 2 is 1.97 bits per heavy atom. The van der Waals surface area contributed by atoms with Crippen molar-refractivity contribution in [3.63, 3.8) is 0 Å². The normalized spacial score (nSPS) is 18.6. The van der Waals surface area contributed by atoms with Crippen LogP contribution in [0, 0.1) is 5.82 Å². The predicted octanol–water partition coefficient (Wildman–Crippen LogP) is 3.92. The smallest absolute Gasteiger partial charge is 0.276 e. The van der Waals surface area contributed by atoms with Gasteiger partial charge in [0, 0.05) is 18.2 Å². The van der Waals surface area contributed by atoms with Gasteiger partial charge in [-0.05, 0) is 48.3 Å². The van der Waals surface area contributed by atoms with Gasteiger partial charge in [-0.1, -0.05) is 35.5 Å². The summed E-state index contributed by atoms with van der Waals surface area (Å²) in [5.41, 5.74) is 1.67. The molecule has 0 saturated carbocycles. The van der Waals surface area contributed by atoms with E-state index in [1.54, 1.807) is 28.8 Å². The van der Waals surface area contributed by atoms with Crippen LogP contribution in [0.25, 0.3) is 11.3 Å². The molecule has 2 atom stereocenters. The minimum Gasteiger partial charge on any atom is -0.355 e. The summed E-state index contributed by atoms with van der Waals surface area (Å²) in [4.78, 5) is 27.8. The molecular weight excluding hydrogens is 417 g/mol. The highest BCUT2D eigenvalue weighted by Gasteiger charge is 2.38. The van der Waals surface area contributed by atoms with Gasteiger partial charge in [0.05, 0.1) is 6.04 Å². The average Bonchev–Trinajstić information content (AvgIpc) is 3.29. The molecule has 0 aliphatic carbocycles. The topological polar surface area (TPSA) is 75.4 Å². The monoisotopic (exact) mass is 439 g/mol. The molecule has 1 aliphatic heterocycles. The fourth-order valence-corrected chi connectivity index (χ4v) is 4.13. The average molecular weight is 440 g/mol. The van der Waals surface area contributed by atoms with Crippen molar-refractivity contribution in [1.29, 1.82) is 0 Å². The zero-order valence-electron chi connectivity index (χ0n) is 17.0. The molecule has 0 bridgehead atoms. The fraction of sp³-hybridized carbons (Fsp3) is 0.261. The van der Waals surface area contributed by atoms with Gasteiger partial charge in [0.25, 0.3) is 5.91 Å². The molecule has 31 heavy (non-hydrogen) atoms. The number of amides is 2. The number of benzene rings is 2. The molecule has 1 aliphatic rings. The van der Waals surface area contributed by atoms with Crippen LogP contribution >= 0.6 is 11.8 Å². The highest BCUT2D eigenvalue weighted by molar-refractivity contribution is 7.98. The first-order valence-corrected chi connectivity index (χ1v) is 11.3. The lowest BCUT2D eigenvalue weighted by Crippen LogP contribution is -2.58. The summed E-state index contributed by atoms with van der Waals surface area (Å²) in [5, 5.41) is 6.97. The molecule has 4 rings (SSSR count). The van der Waals surface area contributed by atoms with Gasteiger partial charge >= 0.3 is 0 Å². The van der Waals surface area contributed by atoms with Gasteiger partial charge in [-0.3, -0.25) is 9.59 Å². The van der Waals surface area contributed by atoms with Gasteiger partial charge in [-0.25, -0.2) is 4.39 Å². The van der Waals surface area contributed by atoms with Crippen molar-refractivity contribution in [2.75, 3.05) is 18.6 Å². The summed E-state index contributed by atoms with van der Waals surface area (Å²) in [7, 11) is 0. The van der Waals surface area contributed by atoms with E-state index in [-0.39, 0.29) is 29.4 Å². The standard InChI is InChI=1S/C23H22FN3O3S/c1-31-12-11-20-22(28)25-19(15-5-3-2-4-6-15)14-27(20)23(29)18-13-21(30-26-18)16-7-9-17(24)10-8-16/h2-10,13,19-20H,11-12,14H2,1H3,(H,25,28)/t19-,20+/m1/s1. The molecule has 1 fully saturated rings. The number of rotatable bonds is 6. The molecule has 160 valence electrons. The van der Waals surface area contributed by atoms with Crippen LogP contribution in [-0.2, 0) is 4.79 Å². The van der Waals surface area contributed by atoms with E-state index in [1.165, 1.54) is 18.2 Å². The molecule has 1 N–H and O–H groups in total. The lowest BCUT2D eigenvalue weighted by molar-refractivity contribution is -0.129. The molecule has 2 amide bonds. The highest BCUT2D eigenvalue weighted by atomic mass is 32.2. The number of carbonyl (C=O) groups excluding carboxylic acids is 2. The number of thioether (sulfide) groups is 1. The molecule has 6 nitrogen and oxygen atoms in total. The minimum absolute atomic E-state index is 0.120. The van der Waals surface area contributed by atoms with E-state index in [0.717, 1.165) is 11.3 Å². The van der Waals surface area contributed by atoms with Crippen molar-refractivity contribution >= 4 is 23.6 Å². The first kappa shape index (κ1) is 21.1. The molecule has 0 spiro atoms. The predicted molar refractivity (Wildman–Crippen MR) is 117 cm³/mol. The number of hydrogen-bond acceptors (Lipinski definition) is 5. The fourth-order valence-electron chi connectivity index (χ4n) is 3.67. The maximum atomic E-state index is 13.4. The maximum Gasteiger partial charge on any atom is 0.276 e. The number of nitrogens with zero attached hydrogens (tertiary/aromatic N) is 2. The molecule has 1 saturated heterocycles. The summed E-state index contributed by atoms with van der Waals surface area (Å²) in [5.74, 6) is 0.216. The van der Waals surface area contributed by atoms with Gasteiger partial charge in [-0.2, -0.15) is 11.8 Å². The SMILES string of the molecule is CSCC[C@H]1C(=O)N[C@@H](c2ccccc2)CN1C(=O)c1cc(-c2ccc(F)cc2)on1. The minimum atomic E-state index is -0.578. The van der Waals surface area contributed by atoms with Gasteiger partial charge in [0.2, 0.25) is 5.91 Å². The summed E-state index contributed by atoms with van der Waals surface area (Å²) in [6.45, 7) is 0.340. The van der Waals surface area contributed by atoms with Crippen molar-refractivity contribution in [3.05, 3.63) is 77.7 Å². The van der Waals surface area contributed by atoms with E-state index in [2.05, 4.69) is 10.5 Å². The number of halogens is 1. The first-order valence-electron chi connectivity index (χ1n) is 9.94. The van der Waals surface area contributed by atoms with Crippen molar-refractivity contribution in [2.45, 2.75) is 18.5 Å². The van der Waals surface area contributed by atoms with Crippen LogP contribution in [0.15, 0.2) is 65.2 Å². The van der Waals surface area contributed by atoms with Crippen LogP contribution in [0.4, 0.5) is 4.39 Å². The van der Waals surface area contributed by atoms with Gasteiger partial charge in [0.1, 0.15) is 11.9 Å². The molecule has 0 radical (unpaired) electrons. The largest absolute Gasteiger partial charge is 0.355 e. The Morgan fingerprint density at radius 3 is 2.68 bits per heavy atom. The third-order valence-corrected chi connectivity index (χ3v) is 5.93. The number of nitrogens with one attached hydrogen (secondary N) is 1. The van der Waals surface area contributed by atoms with E-state index in [0.29, 0.717) is 24.3 Å². The summed E-state index contributed by atoms with van der Waals surface area (Å²) in [6, 6.07) is 16.0. The van der Waals surface area contributed by atoms with E-state index in [9.17, 15) is 14.0 Å². The van der Waals surface area contributed by atoms with E-state index < -0.39 is 6.04 Å². The number of piperazine rings is 1. The Labute approximate surface area is 183 Å². The second kappa shape index (κ2) is 9.34. The lowest BCUT2D eigenvalue weighted by Gasteiger charge is -2.39. The van der Waals surface area contributed by atoms with Crippen molar-refractivity contribution in [3.8, 4) is 11.3 Å². The molecule has 3 aromatic rings. The third-order valence-electron chi connectivity index (χ3n) is 5.29. The summed E-state index contributed by atoms with van der Waals surface area (Å²) in [6.07, 6.45) is 2.51. The van der Waals surface area contributed by atoms with Crippen LogP contribution in [-0.4, -0.2) is 46.5 Å². The van der Waals surface area contributed by atoms with E-state index >= 15 is 0 Å². The van der Waals surface area contributed by atoms with Crippen molar-refractivity contribution in [1.82, 2.24) is 15.4 Å². The van der Waals surface area contributed by atoms with Gasteiger partial charge < -0.3 is 14.7 Å². The zero-order valence-corrected chi connectivity index (χ0v) is 17.8.